The molecule has 0 aromatic heterocycles. The summed E-state index contributed by atoms with van der Waals surface area (Å²) < 4.78 is 24.5. The fraction of sp³-hybridized carbons (Fsp3) is 0.600. The van der Waals surface area contributed by atoms with Gasteiger partial charge in [-0.15, -0.1) is 0 Å². The van der Waals surface area contributed by atoms with Crippen LogP contribution >= 0.6 is 90.4 Å². The second kappa shape index (κ2) is 15.2. The molecular formula is C30H38I4O3. The highest BCUT2D eigenvalue weighted by molar-refractivity contribution is 14.1. The largest absolute Gasteiger partial charge is 0.459 e. The van der Waals surface area contributed by atoms with Crippen LogP contribution in [-0.4, -0.2) is 17.7 Å². The Bertz CT molecular complexity index is 946. The van der Waals surface area contributed by atoms with Crippen molar-refractivity contribution in [2.24, 2.45) is 0 Å². The first-order valence-corrected chi connectivity index (χ1v) is 19.6. The van der Waals surface area contributed by atoms with Crippen LogP contribution < -0.4 is 9.47 Å². The van der Waals surface area contributed by atoms with Crippen LogP contribution in [0.3, 0.4) is 0 Å². The SMILES string of the molecule is Cc1cc(C(CCCI)CCCI)cc2c1OC1OC2Oc2c(C)cc(C(CCCI)CCCI)cc21. The molecule has 2 aromatic rings. The molecule has 0 fully saturated rings. The second-order valence-corrected chi connectivity index (χ2v) is 14.6. The van der Waals surface area contributed by atoms with Crippen molar-refractivity contribution < 1.29 is 14.2 Å². The van der Waals surface area contributed by atoms with Crippen LogP contribution in [0.4, 0.5) is 0 Å². The highest BCUT2D eigenvalue weighted by Gasteiger charge is 2.40. The Morgan fingerprint density at radius 3 is 1.27 bits per heavy atom. The smallest absolute Gasteiger partial charge is 0.233 e. The van der Waals surface area contributed by atoms with E-state index in [-0.39, 0.29) is 0 Å². The van der Waals surface area contributed by atoms with Crippen molar-refractivity contribution in [3.63, 3.8) is 0 Å². The number of hydrogen-bond acceptors (Lipinski definition) is 3. The van der Waals surface area contributed by atoms with E-state index in [9.17, 15) is 0 Å². The van der Waals surface area contributed by atoms with E-state index in [1.165, 1.54) is 91.3 Å². The molecule has 2 atom stereocenters. The second-order valence-electron chi connectivity index (χ2n) is 10.3. The van der Waals surface area contributed by atoms with E-state index in [0.29, 0.717) is 11.8 Å². The summed E-state index contributed by atoms with van der Waals surface area (Å²) in [6.45, 7) is 4.37. The summed E-state index contributed by atoms with van der Waals surface area (Å²) in [5.41, 5.74) is 7.31. The summed E-state index contributed by atoms with van der Waals surface area (Å²) in [6.07, 6.45) is 9.12. The zero-order chi connectivity index (χ0) is 26.4. The predicted octanol–water partition coefficient (Wildman–Crippen LogP) is 10.8. The number of benzene rings is 2. The Kier molecular flexibility index (Phi) is 12.7. The summed E-state index contributed by atoms with van der Waals surface area (Å²) in [6, 6.07) is 9.34. The van der Waals surface area contributed by atoms with Gasteiger partial charge in [0, 0.05) is 0 Å². The number of hydrogen-bond donors (Lipinski definition) is 0. The van der Waals surface area contributed by atoms with Gasteiger partial charge in [0.25, 0.3) is 0 Å². The molecule has 2 unspecified atom stereocenters. The van der Waals surface area contributed by atoms with Gasteiger partial charge in [-0.2, -0.15) is 0 Å². The van der Waals surface area contributed by atoms with E-state index < -0.39 is 12.6 Å². The molecule has 204 valence electrons. The van der Waals surface area contributed by atoms with Crippen LogP contribution in [0.5, 0.6) is 11.5 Å². The zero-order valence-corrected chi connectivity index (χ0v) is 30.5. The summed E-state index contributed by atoms with van der Waals surface area (Å²) in [7, 11) is 0. The number of aryl methyl sites for hydroxylation is 2. The third-order valence-electron chi connectivity index (χ3n) is 7.54. The Labute approximate surface area is 277 Å². The van der Waals surface area contributed by atoms with E-state index >= 15 is 0 Å². The van der Waals surface area contributed by atoms with E-state index in [4.69, 9.17) is 14.2 Å². The van der Waals surface area contributed by atoms with Gasteiger partial charge in [-0.3, -0.25) is 4.74 Å². The molecule has 0 spiro atoms. The van der Waals surface area contributed by atoms with Gasteiger partial charge in [-0.1, -0.05) is 102 Å². The fourth-order valence-electron chi connectivity index (χ4n) is 5.71. The van der Waals surface area contributed by atoms with Crippen molar-refractivity contribution in [2.45, 2.75) is 89.6 Å². The van der Waals surface area contributed by atoms with Gasteiger partial charge in [0.2, 0.25) is 12.6 Å². The summed E-state index contributed by atoms with van der Waals surface area (Å²) in [5, 5.41) is 0. The van der Waals surface area contributed by atoms with Crippen LogP contribution in [0, 0.1) is 13.8 Å². The number of rotatable bonds is 14. The highest BCUT2D eigenvalue weighted by Crippen LogP contribution is 2.51. The van der Waals surface area contributed by atoms with Gasteiger partial charge in [0.05, 0.1) is 11.1 Å². The van der Waals surface area contributed by atoms with Crippen LogP contribution in [-0.2, 0) is 4.74 Å². The normalized spacial score (nSPS) is 17.9. The van der Waals surface area contributed by atoms with Crippen LogP contribution in [0.25, 0.3) is 0 Å². The van der Waals surface area contributed by atoms with Gasteiger partial charge < -0.3 is 9.47 Å². The third kappa shape index (κ3) is 7.61. The standard InChI is InChI=1S/C30H38I4O3/c1-19-15-23(21(7-3-11-31)8-4-12-32)17-25-27(19)35-30-26-18-24(22(9-5-13-33)10-6-14-34)16-20(2)28(26)36-29(25)37-30/h15-18,21-22,29-30H,3-14H2,1-2H3. The zero-order valence-electron chi connectivity index (χ0n) is 21.8. The fourth-order valence-corrected chi connectivity index (χ4v) is 7.47. The molecule has 4 rings (SSSR count). The molecule has 2 bridgehead atoms. The van der Waals surface area contributed by atoms with Crippen LogP contribution in [0.2, 0.25) is 0 Å². The molecule has 0 saturated heterocycles. The number of ether oxygens (including phenoxy) is 3. The molecule has 3 nitrogen and oxygen atoms in total. The van der Waals surface area contributed by atoms with Crippen molar-refractivity contribution in [2.75, 3.05) is 17.7 Å². The van der Waals surface area contributed by atoms with Gasteiger partial charge in [0.1, 0.15) is 11.5 Å². The van der Waals surface area contributed by atoms with Crippen molar-refractivity contribution in [1.82, 2.24) is 0 Å². The van der Waals surface area contributed by atoms with Gasteiger partial charge >= 0.3 is 0 Å². The Morgan fingerprint density at radius 1 is 0.595 bits per heavy atom. The summed E-state index contributed by atoms with van der Waals surface area (Å²) >= 11 is 9.99. The first-order valence-electron chi connectivity index (χ1n) is 13.5. The minimum absolute atomic E-state index is 0.409. The maximum Gasteiger partial charge on any atom is 0.233 e. The lowest BCUT2D eigenvalue weighted by Gasteiger charge is -2.40. The average molecular weight is 954 g/mol. The third-order valence-corrected chi connectivity index (χ3v) is 10.6. The minimum Gasteiger partial charge on any atom is -0.459 e. The van der Waals surface area contributed by atoms with E-state index in [1.807, 2.05) is 0 Å². The topological polar surface area (TPSA) is 27.7 Å². The molecule has 0 amide bonds. The van der Waals surface area contributed by atoms with Gasteiger partial charge in [-0.25, -0.2) is 0 Å². The monoisotopic (exact) mass is 954 g/mol. The lowest BCUT2D eigenvalue weighted by Crippen LogP contribution is -2.31. The van der Waals surface area contributed by atoms with Crippen molar-refractivity contribution in [1.29, 1.82) is 0 Å². The predicted molar refractivity (Wildman–Crippen MR) is 188 cm³/mol. The van der Waals surface area contributed by atoms with Gasteiger partial charge in [0.15, 0.2) is 0 Å². The van der Waals surface area contributed by atoms with Crippen molar-refractivity contribution in [3.8, 4) is 11.5 Å². The Balaban J connectivity index is 1.64. The highest BCUT2D eigenvalue weighted by atomic mass is 127. The van der Waals surface area contributed by atoms with Crippen molar-refractivity contribution >= 4 is 90.4 Å². The lowest BCUT2D eigenvalue weighted by molar-refractivity contribution is -0.228. The maximum absolute atomic E-state index is 6.60. The minimum atomic E-state index is -0.409. The molecular weight excluding hydrogens is 916 g/mol. The van der Waals surface area contributed by atoms with Gasteiger partial charge in [-0.05, 0) is 129 Å². The number of halogens is 4. The van der Waals surface area contributed by atoms with Crippen LogP contribution in [0.15, 0.2) is 24.3 Å². The molecule has 0 aliphatic carbocycles. The maximum atomic E-state index is 6.60. The Morgan fingerprint density at radius 2 is 0.946 bits per heavy atom. The molecule has 0 radical (unpaired) electrons. The average Bonchev–Trinajstić information content (AvgIpc) is 2.90. The lowest BCUT2D eigenvalue weighted by atomic mass is 9.86. The number of fused-ring (bicyclic) bond motifs is 6. The molecule has 7 heteroatoms. The molecule has 0 N–H and O–H groups in total. The quantitative estimate of drug-likeness (QED) is 0.140. The Hall–Kier alpha value is 0.920. The van der Waals surface area contributed by atoms with E-state index in [0.717, 1.165) is 22.6 Å². The molecule has 2 aromatic carbocycles. The molecule has 2 heterocycles. The summed E-state index contributed by atoms with van der Waals surface area (Å²) in [4.78, 5) is 0. The van der Waals surface area contributed by atoms with E-state index in [1.54, 1.807) is 0 Å². The van der Waals surface area contributed by atoms with Crippen molar-refractivity contribution in [3.05, 3.63) is 57.6 Å². The first-order chi connectivity index (χ1) is 18.0. The molecule has 37 heavy (non-hydrogen) atoms. The summed E-state index contributed by atoms with van der Waals surface area (Å²) in [5.74, 6) is 3.06. The molecule has 2 aliphatic rings. The molecule has 0 saturated carbocycles. The van der Waals surface area contributed by atoms with E-state index in [2.05, 4.69) is 128 Å². The molecule has 2 aliphatic heterocycles. The number of alkyl halides is 4. The van der Waals surface area contributed by atoms with Crippen LogP contribution in [0.1, 0.15) is 109 Å². The first kappa shape index (κ1) is 30.9.